The van der Waals surface area contributed by atoms with Crippen molar-refractivity contribution in [3.05, 3.63) is 72.1 Å². The van der Waals surface area contributed by atoms with Crippen LogP contribution in [0.25, 0.3) is 10.8 Å². The van der Waals surface area contributed by atoms with Crippen molar-refractivity contribution in [3.63, 3.8) is 0 Å². The van der Waals surface area contributed by atoms with E-state index in [4.69, 9.17) is 4.74 Å². The van der Waals surface area contributed by atoms with Crippen LogP contribution in [0.1, 0.15) is 17.3 Å². The summed E-state index contributed by atoms with van der Waals surface area (Å²) in [5.74, 6) is 0.867. The van der Waals surface area contributed by atoms with Gasteiger partial charge in [-0.15, -0.1) is 0 Å². The van der Waals surface area contributed by atoms with Gasteiger partial charge in [0.15, 0.2) is 0 Å². The van der Waals surface area contributed by atoms with Crippen LogP contribution in [-0.4, -0.2) is 19.1 Å². The number of nitrogens with one attached hydrogen (secondary N) is 1. The molecule has 2 aromatic carbocycles. The maximum Gasteiger partial charge on any atom is 0.124 e. The SMILES string of the molecule is CNC(c1ccccc1OC)c1nccc2ccccc12. The van der Waals surface area contributed by atoms with Crippen LogP contribution >= 0.6 is 0 Å². The minimum atomic E-state index is -0.00718. The van der Waals surface area contributed by atoms with E-state index >= 15 is 0 Å². The van der Waals surface area contributed by atoms with E-state index in [1.165, 1.54) is 5.39 Å². The molecular weight excluding hydrogens is 260 g/mol. The molecule has 3 aromatic rings. The molecule has 3 nitrogen and oxygen atoms in total. The van der Waals surface area contributed by atoms with Gasteiger partial charge in [0.1, 0.15) is 5.75 Å². The highest BCUT2D eigenvalue weighted by Crippen LogP contribution is 2.32. The number of hydrogen-bond donors (Lipinski definition) is 1. The Kier molecular flexibility index (Phi) is 3.84. The van der Waals surface area contributed by atoms with Crippen LogP contribution in [0, 0.1) is 0 Å². The van der Waals surface area contributed by atoms with Crippen LogP contribution in [-0.2, 0) is 0 Å². The molecule has 3 rings (SSSR count). The summed E-state index contributed by atoms with van der Waals surface area (Å²) in [6.07, 6.45) is 1.86. The molecule has 0 fully saturated rings. The highest BCUT2D eigenvalue weighted by atomic mass is 16.5. The smallest absolute Gasteiger partial charge is 0.124 e. The van der Waals surface area contributed by atoms with Crippen LogP contribution in [0.3, 0.4) is 0 Å². The number of ether oxygens (including phenoxy) is 1. The first-order valence-electron chi connectivity index (χ1n) is 6.99. The van der Waals surface area contributed by atoms with Gasteiger partial charge in [0.2, 0.25) is 0 Å². The second-order valence-electron chi connectivity index (χ2n) is 4.88. The number of hydrogen-bond acceptors (Lipinski definition) is 3. The normalized spacial score (nSPS) is 12.3. The number of pyridine rings is 1. The minimum Gasteiger partial charge on any atom is -0.496 e. The maximum absolute atomic E-state index is 5.49. The second kappa shape index (κ2) is 5.94. The molecule has 1 unspecified atom stereocenters. The Bertz CT molecular complexity index is 750. The van der Waals surface area contributed by atoms with Crippen molar-refractivity contribution in [2.24, 2.45) is 0 Å². The van der Waals surface area contributed by atoms with Gasteiger partial charge in [-0.25, -0.2) is 0 Å². The average Bonchev–Trinajstić information content (AvgIpc) is 2.56. The van der Waals surface area contributed by atoms with Gasteiger partial charge >= 0.3 is 0 Å². The van der Waals surface area contributed by atoms with E-state index in [9.17, 15) is 0 Å². The molecule has 1 atom stereocenters. The Morgan fingerprint density at radius 3 is 2.57 bits per heavy atom. The van der Waals surface area contributed by atoms with Crippen molar-refractivity contribution in [2.75, 3.05) is 14.2 Å². The first-order chi connectivity index (χ1) is 10.3. The van der Waals surface area contributed by atoms with Crippen molar-refractivity contribution in [1.82, 2.24) is 10.3 Å². The number of para-hydroxylation sites is 1. The summed E-state index contributed by atoms with van der Waals surface area (Å²) in [5.41, 5.74) is 2.10. The van der Waals surface area contributed by atoms with Crippen molar-refractivity contribution in [2.45, 2.75) is 6.04 Å². The van der Waals surface area contributed by atoms with Crippen molar-refractivity contribution in [1.29, 1.82) is 0 Å². The van der Waals surface area contributed by atoms with Gasteiger partial charge in [-0.05, 0) is 24.6 Å². The lowest BCUT2D eigenvalue weighted by atomic mass is 9.98. The van der Waals surface area contributed by atoms with Gasteiger partial charge in [-0.2, -0.15) is 0 Å². The van der Waals surface area contributed by atoms with E-state index in [1.54, 1.807) is 7.11 Å². The minimum absolute atomic E-state index is 0.00718. The molecule has 1 aromatic heterocycles. The molecule has 0 saturated heterocycles. The molecule has 0 radical (unpaired) electrons. The van der Waals surface area contributed by atoms with E-state index in [2.05, 4.69) is 28.5 Å². The molecule has 0 aliphatic carbocycles. The molecule has 1 N–H and O–H groups in total. The number of benzene rings is 2. The number of methoxy groups -OCH3 is 1. The lowest BCUT2D eigenvalue weighted by molar-refractivity contribution is 0.405. The first kappa shape index (κ1) is 13.6. The molecule has 0 spiro atoms. The van der Waals surface area contributed by atoms with E-state index in [0.717, 1.165) is 22.4 Å². The van der Waals surface area contributed by atoms with E-state index in [0.29, 0.717) is 0 Å². The third-order valence-electron chi connectivity index (χ3n) is 3.72. The lowest BCUT2D eigenvalue weighted by Crippen LogP contribution is -2.20. The molecule has 21 heavy (non-hydrogen) atoms. The van der Waals surface area contributed by atoms with Crippen molar-refractivity contribution in [3.8, 4) is 5.75 Å². The van der Waals surface area contributed by atoms with Crippen LogP contribution in [0.2, 0.25) is 0 Å². The number of aromatic nitrogens is 1. The fraction of sp³-hybridized carbons (Fsp3) is 0.167. The van der Waals surface area contributed by atoms with Crippen molar-refractivity contribution < 1.29 is 4.74 Å². The zero-order valence-corrected chi connectivity index (χ0v) is 12.2. The Balaban J connectivity index is 2.19. The van der Waals surface area contributed by atoms with Crippen LogP contribution in [0.15, 0.2) is 60.8 Å². The summed E-state index contributed by atoms with van der Waals surface area (Å²) in [4.78, 5) is 4.61. The summed E-state index contributed by atoms with van der Waals surface area (Å²) < 4.78 is 5.49. The topological polar surface area (TPSA) is 34.1 Å². The second-order valence-corrected chi connectivity index (χ2v) is 4.88. The summed E-state index contributed by atoms with van der Waals surface area (Å²) in [6.45, 7) is 0. The molecule has 0 aliphatic heterocycles. The highest BCUT2D eigenvalue weighted by molar-refractivity contribution is 5.85. The van der Waals surface area contributed by atoms with Gasteiger partial charge in [-0.1, -0.05) is 42.5 Å². The highest BCUT2D eigenvalue weighted by Gasteiger charge is 2.19. The van der Waals surface area contributed by atoms with Gasteiger partial charge in [-0.3, -0.25) is 4.98 Å². The molecule has 1 heterocycles. The third kappa shape index (κ3) is 2.48. The molecule has 106 valence electrons. The molecular formula is C18H18N2O. The summed E-state index contributed by atoms with van der Waals surface area (Å²) >= 11 is 0. The van der Waals surface area contributed by atoms with E-state index in [-0.39, 0.29) is 6.04 Å². The molecule has 0 amide bonds. The van der Waals surface area contributed by atoms with Crippen LogP contribution in [0.4, 0.5) is 0 Å². The maximum atomic E-state index is 5.49. The Hall–Kier alpha value is -2.39. The van der Waals surface area contributed by atoms with Crippen LogP contribution < -0.4 is 10.1 Å². The zero-order chi connectivity index (χ0) is 14.7. The monoisotopic (exact) mass is 278 g/mol. The fourth-order valence-electron chi connectivity index (χ4n) is 2.72. The quantitative estimate of drug-likeness (QED) is 0.792. The fourth-order valence-corrected chi connectivity index (χ4v) is 2.72. The average molecular weight is 278 g/mol. The van der Waals surface area contributed by atoms with Gasteiger partial charge in [0.05, 0.1) is 18.8 Å². The van der Waals surface area contributed by atoms with Crippen molar-refractivity contribution >= 4 is 10.8 Å². The largest absolute Gasteiger partial charge is 0.496 e. The van der Waals surface area contributed by atoms with Gasteiger partial charge < -0.3 is 10.1 Å². The molecule has 0 aliphatic rings. The summed E-state index contributed by atoms with van der Waals surface area (Å²) in [6, 6.07) is 18.4. The number of rotatable bonds is 4. The lowest BCUT2D eigenvalue weighted by Gasteiger charge is -2.20. The standard InChI is InChI=1S/C18H18N2O/c1-19-17(15-9-5-6-10-16(15)21-2)18-14-8-4-3-7-13(14)11-12-20-18/h3-12,17,19H,1-2H3. The predicted octanol–water partition coefficient (Wildman–Crippen LogP) is 3.55. The predicted molar refractivity (Wildman–Crippen MR) is 85.6 cm³/mol. The Morgan fingerprint density at radius 1 is 1.00 bits per heavy atom. The molecule has 0 bridgehead atoms. The number of fused-ring (bicyclic) bond motifs is 1. The van der Waals surface area contributed by atoms with Gasteiger partial charge in [0, 0.05) is 17.1 Å². The van der Waals surface area contributed by atoms with Gasteiger partial charge in [0.25, 0.3) is 0 Å². The van der Waals surface area contributed by atoms with E-state index < -0.39 is 0 Å². The first-order valence-corrected chi connectivity index (χ1v) is 6.99. The third-order valence-corrected chi connectivity index (χ3v) is 3.72. The Morgan fingerprint density at radius 2 is 1.76 bits per heavy atom. The molecule has 3 heteroatoms. The van der Waals surface area contributed by atoms with E-state index in [1.807, 2.05) is 49.6 Å². The van der Waals surface area contributed by atoms with Crippen LogP contribution in [0.5, 0.6) is 5.75 Å². The summed E-state index contributed by atoms with van der Waals surface area (Å²) in [7, 11) is 3.64. The molecule has 0 saturated carbocycles. The zero-order valence-electron chi connectivity index (χ0n) is 12.2. The Labute approximate surface area is 124 Å². The summed E-state index contributed by atoms with van der Waals surface area (Å²) in [5, 5.41) is 5.71. The number of nitrogens with zero attached hydrogens (tertiary/aromatic N) is 1.